The molecule has 0 bridgehead atoms. The number of guanidine groups is 1. The fourth-order valence-electron chi connectivity index (χ4n) is 4.34. The van der Waals surface area contributed by atoms with Crippen molar-refractivity contribution in [2.24, 2.45) is 10.9 Å². The molecule has 0 radical (unpaired) electrons. The lowest BCUT2D eigenvalue weighted by Crippen LogP contribution is -2.57. The number of hydrogen-bond donors (Lipinski definition) is 2. The number of likely N-dealkylation sites (tertiary alicyclic amines) is 1. The predicted molar refractivity (Wildman–Crippen MR) is 99.4 cm³/mol. The van der Waals surface area contributed by atoms with Gasteiger partial charge in [0.2, 0.25) is 0 Å². The summed E-state index contributed by atoms with van der Waals surface area (Å²) in [6.07, 6.45) is 1.36. The molecule has 0 aromatic carbocycles. The second kappa shape index (κ2) is 8.78. The lowest BCUT2D eigenvalue weighted by Gasteiger charge is -2.45. The molecule has 1 heterocycles. The molecule has 0 spiro atoms. The van der Waals surface area contributed by atoms with Crippen LogP contribution in [0.1, 0.15) is 39.0 Å². The van der Waals surface area contributed by atoms with Gasteiger partial charge in [-0.15, -0.1) is 0 Å². The lowest BCUT2D eigenvalue weighted by molar-refractivity contribution is -0.143. The zero-order valence-corrected chi connectivity index (χ0v) is 16.5. The van der Waals surface area contributed by atoms with Crippen LogP contribution in [0.15, 0.2) is 4.99 Å². The summed E-state index contributed by atoms with van der Waals surface area (Å²) in [5.41, 5.74) is 0.104. The first kappa shape index (κ1) is 21.3. The molecule has 3 atom stereocenters. The van der Waals surface area contributed by atoms with Crippen LogP contribution >= 0.6 is 0 Å². The van der Waals surface area contributed by atoms with Crippen LogP contribution in [0.2, 0.25) is 0 Å². The molecule has 152 valence electrons. The molecule has 2 N–H and O–H groups in total. The maximum atomic E-state index is 12.5. The number of likely N-dealkylation sites (N-methyl/N-ethyl adjacent to an activating group) is 1. The maximum absolute atomic E-state index is 12.5. The molecule has 5 nitrogen and oxygen atoms in total. The van der Waals surface area contributed by atoms with E-state index in [1.165, 1.54) is 17.7 Å². The third kappa shape index (κ3) is 6.01. The van der Waals surface area contributed by atoms with Gasteiger partial charge in [-0.1, -0.05) is 19.8 Å². The molecule has 1 saturated heterocycles. The van der Waals surface area contributed by atoms with Crippen molar-refractivity contribution in [3.63, 3.8) is 0 Å². The van der Waals surface area contributed by atoms with E-state index in [-0.39, 0.29) is 11.6 Å². The Bertz CT molecular complexity index is 480. The summed E-state index contributed by atoms with van der Waals surface area (Å²) in [6, 6.07) is 0.00383. The Balaban J connectivity index is 1.86. The van der Waals surface area contributed by atoms with E-state index < -0.39 is 12.7 Å². The fraction of sp³-hybridized carbons (Fsp3) is 0.944. The molecule has 1 aliphatic carbocycles. The SMILES string of the molecule is CN=C(NCC1(N(C)C)CCCC(C)C1)NC1CCN(CC(F)(F)F)C1. The van der Waals surface area contributed by atoms with E-state index in [1.807, 2.05) is 0 Å². The number of nitrogens with zero attached hydrogens (tertiary/aromatic N) is 3. The van der Waals surface area contributed by atoms with Crippen LogP contribution in [-0.2, 0) is 0 Å². The van der Waals surface area contributed by atoms with Gasteiger partial charge >= 0.3 is 6.18 Å². The third-order valence-corrected chi connectivity index (χ3v) is 5.84. The average molecular weight is 377 g/mol. The smallest absolute Gasteiger partial charge is 0.355 e. The van der Waals surface area contributed by atoms with Gasteiger partial charge in [-0.2, -0.15) is 13.2 Å². The van der Waals surface area contributed by atoms with Crippen molar-refractivity contribution >= 4 is 5.96 Å². The van der Waals surface area contributed by atoms with Crippen molar-refractivity contribution in [2.45, 2.75) is 56.8 Å². The zero-order valence-electron chi connectivity index (χ0n) is 16.5. The van der Waals surface area contributed by atoms with Crippen molar-refractivity contribution < 1.29 is 13.2 Å². The number of nitrogens with one attached hydrogen (secondary N) is 2. The fourth-order valence-corrected chi connectivity index (χ4v) is 4.34. The molecule has 2 fully saturated rings. The number of hydrogen-bond acceptors (Lipinski definition) is 3. The van der Waals surface area contributed by atoms with Gasteiger partial charge in [0.15, 0.2) is 5.96 Å². The molecule has 8 heteroatoms. The van der Waals surface area contributed by atoms with E-state index in [9.17, 15) is 13.2 Å². The monoisotopic (exact) mass is 377 g/mol. The van der Waals surface area contributed by atoms with Crippen LogP contribution in [0.4, 0.5) is 13.2 Å². The van der Waals surface area contributed by atoms with E-state index >= 15 is 0 Å². The summed E-state index contributed by atoms with van der Waals surface area (Å²) in [5.74, 6) is 1.39. The van der Waals surface area contributed by atoms with Crippen LogP contribution in [0.25, 0.3) is 0 Å². The number of rotatable bonds is 5. The first-order chi connectivity index (χ1) is 12.1. The second-order valence-electron chi connectivity index (χ2n) is 8.23. The summed E-state index contributed by atoms with van der Waals surface area (Å²) in [4.78, 5) is 8.04. The topological polar surface area (TPSA) is 42.9 Å². The quantitative estimate of drug-likeness (QED) is 0.570. The van der Waals surface area contributed by atoms with Crippen molar-refractivity contribution in [3.05, 3.63) is 0 Å². The Hall–Kier alpha value is -1.02. The minimum absolute atomic E-state index is 0.00383. The molecule has 3 unspecified atom stereocenters. The molecule has 0 aromatic heterocycles. The van der Waals surface area contributed by atoms with Gasteiger partial charge in [0, 0.05) is 38.3 Å². The molecular formula is C18H34F3N5. The second-order valence-corrected chi connectivity index (χ2v) is 8.23. The number of aliphatic imine (C=N–C) groups is 1. The average Bonchev–Trinajstić information content (AvgIpc) is 2.96. The number of alkyl halides is 3. The maximum Gasteiger partial charge on any atom is 0.401 e. The van der Waals surface area contributed by atoms with Gasteiger partial charge in [-0.3, -0.25) is 9.89 Å². The Morgan fingerprint density at radius 1 is 1.31 bits per heavy atom. The van der Waals surface area contributed by atoms with Gasteiger partial charge in [-0.25, -0.2) is 0 Å². The first-order valence-corrected chi connectivity index (χ1v) is 9.57. The Morgan fingerprint density at radius 3 is 2.62 bits per heavy atom. The van der Waals surface area contributed by atoms with E-state index in [0.717, 1.165) is 19.4 Å². The first-order valence-electron chi connectivity index (χ1n) is 9.57. The summed E-state index contributed by atoms with van der Waals surface area (Å²) in [7, 11) is 5.97. The van der Waals surface area contributed by atoms with E-state index in [1.54, 1.807) is 7.05 Å². The van der Waals surface area contributed by atoms with Crippen LogP contribution in [0, 0.1) is 5.92 Å². The summed E-state index contributed by atoms with van der Waals surface area (Å²) in [6.45, 7) is 3.13. The molecule has 2 aliphatic rings. The minimum atomic E-state index is -4.13. The third-order valence-electron chi connectivity index (χ3n) is 5.84. The zero-order chi connectivity index (χ0) is 19.4. The number of halogens is 3. The van der Waals surface area contributed by atoms with E-state index in [4.69, 9.17) is 0 Å². The van der Waals surface area contributed by atoms with Gasteiger partial charge in [0.1, 0.15) is 0 Å². The van der Waals surface area contributed by atoms with Gasteiger partial charge in [0.05, 0.1) is 6.54 Å². The van der Waals surface area contributed by atoms with Crippen LogP contribution < -0.4 is 10.6 Å². The van der Waals surface area contributed by atoms with Gasteiger partial charge in [0.25, 0.3) is 0 Å². The molecule has 1 aliphatic heterocycles. The molecule has 0 aromatic rings. The molecule has 1 saturated carbocycles. The predicted octanol–water partition coefficient (Wildman–Crippen LogP) is 2.30. The Kier molecular flexibility index (Phi) is 7.19. The standard InChI is InChI=1S/C18H34F3N5/c1-14-6-5-8-17(10-14,25(3)4)12-23-16(22-2)24-15-7-9-26(11-15)13-18(19,20)21/h14-15H,5-13H2,1-4H3,(H2,22,23,24). The van der Waals surface area contributed by atoms with Gasteiger partial charge < -0.3 is 15.5 Å². The van der Waals surface area contributed by atoms with Crippen molar-refractivity contribution in [3.8, 4) is 0 Å². The Labute approximate surface area is 155 Å². The summed E-state index contributed by atoms with van der Waals surface area (Å²) < 4.78 is 37.6. The van der Waals surface area contributed by atoms with Crippen molar-refractivity contribution in [1.29, 1.82) is 0 Å². The van der Waals surface area contributed by atoms with Crippen LogP contribution in [0.5, 0.6) is 0 Å². The molecule has 2 rings (SSSR count). The Morgan fingerprint density at radius 2 is 2.04 bits per heavy atom. The van der Waals surface area contributed by atoms with E-state index in [0.29, 0.717) is 31.4 Å². The highest BCUT2D eigenvalue weighted by Crippen LogP contribution is 2.35. The van der Waals surface area contributed by atoms with Crippen molar-refractivity contribution in [1.82, 2.24) is 20.4 Å². The summed E-state index contributed by atoms with van der Waals surface area (Å²) in [5, 5.41) is 6.73. The van der Waals surface area contributed by atoms with Gasteiger partial charge in [-0.05, 0) is 39.3 Å². The highest BCUT2D eigenvalue weighted by Gasteiger charge is 2.37. The largest absolute Gasteiger partial charge is 0.401 e. The lowest BCUT2D eigenvalue weighted by atomic mass is 9.75. The van der Waals surface area contributed by atoms with E-state index in [2.05, 4.69) is 41.5 Å². The molecule has 0 amide bonds. The minimum Gasteiger partial charge on any atom is -0.355 e. The van der Waals surface area contributed by atoms with Crippen LogP contribution in [-0.4, -0.2) is 80.8 Å². The molecule has 26 heavy (non-hydrogen) atoms. The molecular weight excluding hydrogens is 343 g/mol. The van der Waals surface area contributed by atoms with Crippen LogP contribution in [0.3, 0.4) is 0 Å². The summed E-state index contributed by atoms with van der Waals surface area (Å²) >= 11 is 0. The normalized spacial score (nSPS) is 31.5. The highest BCUT2D eigenvalue weighted by atomic mass is 19.4. The van der Waals surface area contributed by atoms with Crippen molar-refractivity contribution in [2.75, 3.05) is 47.3 Å². The highest BCUT2D eigenvalue weighted by molar-refractivity contribution is 5.80.